The predicted octanol–water partition coefficient (Wildman–Crippen LogP) is 1.21. The van der Waals surface area contributed by atoms with Crippen LogP contribution in [0.4, 0.5) is 11.4 Å². The maximum atomic E-state index is 10.3. The van der Waals surface area contributed by atoms with Crippen molar-refractivity contribution in [1.29, 1.82) is 0 Å². The monoisotopic (exact) mass is 183 g/mol. The van der Waals surface area contributed by atoms with Gasteiger partial charge in [0.25, 0.3) is 11.4 Å². The first-order chi connectivity index (χ1) is 6.04. The molecule has 0 unspecified atom stereocenters. The molecule has 7 nitrogen and oxygen atoms in total. The third-order valence-corrected chi connectivity index (χ3v) is 1.56. The standard InChI is InChI=1S/C6H5N3O4/c1-4-5(8(10)11)2-7-3-6(4)9(12)13/h2-3H,1H3. The molecule has 1 heterocycles. The van der Waals surface area contributed by atoms with Crippen molar-refractivity contribution in [2.24, 2.45) is 0 Å². The molecular weight excluding hydrogens is 178 g/mol. The summed E-state index contributed by atoms with van der Waals surface area (Å²) in [6.45, 7) is 1.32. The molecule has 0 N–H and O–H groups in total. The van der Waals surface area contributed by atoms with Gasteiger partial charge in [-0.25, -0.2) is 0 Å². The van der Waals surface area contributed by atoms with Crippen molar-refractivity contribution in [1.82, 2.24) is 4.98 Å². The minimum atomic E-state index is -0.699. The van der Waals surface area contributed by atoms with Gasteiger partial charge in [-0.2, -0.15) is 0 Å². The lowest BCUT2D eigenvalue weighted by atomic mass is 10.2. The Morgan fingerprint density at radius 1 is 1.15 bits per heavy atom. The maximum Gasteiger partial charge on any atom is 0.297 e. The first-order valence-corrected chi connectivity index (χ1v) is 3.27. The molecule has 0 atom stereocenters. The largest absolute Gasteiger partial charge is 0.297 e. The molecule has 0 saturated carbocycles. The fraction of sp³-hybridized carbons (Fsp3) is 0.167. The molecule has 1 aromatic rings. The Balaban J connectivity index is 3.35. The molecule has 0 bridgehead atoms. The Hall–Kier alpha value is -2.05. The first-order valence-electron chi connectivity index (χ1n) is 3.27. The third-order valence-electron chi connectivity index (χ3n) is 1.56. The third kappa shape index (κ3) is 1.58. The van der Waals surface area contributed by atoms with Crippen LogP contribution in [0.2, 0.25) is 0 Å². The van der Waals surface area contributed by atoms with Crippen molar-refractivity contribution in [2.45, 2.75) is 6.92 Å². The summed E-state index contributed by atoms with van der Waals surface area (Å²) in [6, 6.07) is 0. The van der Waals surface area contributed by atoms with E-state index in [0.29, 0.717) is 0 Å². The Bertz CT molecular complexity index is 344. The molecule has 0 aliphatic heterocycles. The van der Waals surface area contributed by atoms with Crippen molar-refractivity contribution in [3.63, 3.8) is 0 Å². The van der Waals surface area contributed by atoms with E-state index in [1.807, 2.05) is 0 Å². The molecule has 0 amide bonds. The van der Waals surface area contributed by atoms with Crippen molar-refractivity contribution in [2.75, 3.05) is 0 Å². The summed E-state index contributed by atoms with van der Waals surface area (Å²) in [4.78, 5) is 22.7. The predicted molar refractivity (Wildman–Crippen MR) is 42.3 cm³/mol. The van der Waals surface area contributed by atoms with Crippen LogP contribution in [0, 0.1) is 27.2 Å². The fourth-order valence-corrected chi connectivity index (χ4v) is 0.871. The van der Waals surface area contributed by atoms with Gasteiger partial charge in [-0.1, -0.05) is 0 Å². The summed E-state index contributed by atoms with van der Waals surface area (Å²) < 4.78 is 0. The fourth-order valence-electron chi connectivity index (χ4n) is 0.871. The summed E-state index contributed by atoms with van der Waals surface area (Å²) in [5.74, 6) is 0. The van der Waals surface area contributed by atoms with Gasteiger partial charge in [0.1, 0.15) is 18.0 Å². The van der Waals surface area contributed by atoms with Crippen molar-refractivity contribution >= 4 is 11.4 Å². The highest BCUT2D eigenvalue weighted by atomic mass is 16.6. The molecule has 0 aliphatic carbocycles. The van der Waals surface area contributed by atoms with Crippen LogP contribution >= 0.6 is 0 Å². The average Bonchev–Trinajstić information content (AvgIpc) is 2.03. The summed E-state index contributed by atoms with van der Waals surface area (Å²) in [7, 11) is 0. The SMILES string of the molecule is Cc1c([N+](=O)[O-])cncc1[N+](=O)[O-]. The van der Waals surface area contributed by atoms with Gasteiger partial charge in [0.05, 0.1) is 9.85 Å². The number of rotatable bonds is 2. The first kappa shape index (κ1) is 9.04. The van der Waals surface area contributed by atoms with Gasteiger partial charge in [-0.3, -0.25) is 25.2 Å². The van der Waals surface area contributed by atoms with Crippen LogP contribution in [0.1, 0.15) is 5.56 Å². The van der Waals surface area contributed by atoms with Gasteiger partial charge in [0.15, 0.2) is 0 Å². The molecule has 0 fully saturated rings. The average molecular weight is 183 g/mol. The lowest BCUT2D eigenvalue weighted by Crippen LogP contribution is -1.98. The Kier molecular flexibility index (Phi) is 2.18. The number of hydrogen-bond acceptors (Lipinski definition) is 5. The molecule has 0 radical (unpaired) electrons. The van der Waals surface area contributed by atoms with Gasteiger partial charge in [-0.15, -0.1) is 0 Å². The van der Waals surface area contributed by atoms with Crippen LogP contribution in [0.5, 0.6) is 0 Å². The van der Waals surface area contributed by atoms with Crippen LogP contribution in [-0.4, -0.2) is 14.8 Å². The molecule has 7 heteroatoms. The highest BCUT2D eigenvalue weighted by Crippen LogP contribution is 2.24. The molecule has 1 aromatic heterocycles. The summed E-state index contributed by atoms with van der Waals surface area (Å²) >= 11 is 0. The molecule has 0 spiro atoms. The van der Waals surface area contributed by atoms with Gasteiger partial charge in [0, 0.05) is 0 Å². The van der Waals surface area contributed by atoms with E-state index < -0.39 is 9.85 Å². The zero-order valence-electron chi connectivity index (χ0n) is 6.63. The summed E-state index contributed by atoms with van der Waals surface area (Å²) in [6.07, 6.45) is 1.98. The van der Waals surface area contributed by atoms with Crippen molar-refractivity contribution in [3.8, 4) is 0 Å². The van der Waals surface area contributed by atoms with Crippen LogP contribution in [0.15, 0.2) is 12.4 Å². The number of pyridine rings is 1. The smallest absolute Gasteiger partial charge is 0.258 e. The molecule has 1 rings (SSSR count). The normalized spacial score (nSPS) is 9.62. The Morgan fingerprint density at radius 2 is 1.54 bits per heavy atom. The summed E-state index contributed by atoms with van der Waals surface area (Å²) in [5.41, 5.74) is -0.659. The lowest BCUT2D eigenvalue weighted by molar-refractivity contribution is -0.395. The second-order valence-corrected chi connectivity index (χ2v) is 2.32. The van der Waals surface area contributed by atoms with E-state index in [1.54, 1.807) is 0 Å². The van der Waals surface area contributed by atoms with Crippen LogP contribution in [0.3, 0.4) is 0 Å². The lowest BCUT2D eigenvalue weighted by Gasteiger charge is -1.96. The van der Waals surface area contributed by atoms with Gasteiger partial charge in [-0.05, 0) is 6.92 Å². The Morgan fingerprint density at radius 3 is 1.85 bits per heavy atom. The van der Waals surface area contributed by atoms with E-state index in [2.05, 4.69) is 4.98 Å². The molecule has 0 saturated heterocycles. The minimum absolute atomic E-state index is 0.0185. The Labute approximate surface area is 72.3 Å². The maximum absolute atomic E-state index is 10.3. The molecule has 0 aliphatic rings. The summed E-state index contributed by atoms with van der Waals surface area (Å²) in [5, 5.41) is 20.7. The van der Waals surface area contributed by atoms with E-state index in [0.717, 1.165) is 12.4 Å². The number of hydrogen-bond donors (Lipinski definition) is 0. The molecular formula is C6H5N3O4. The quantitative estimate of drug-likeness (QED) is 0.506. The second kappa shape index (κ2) is 3.13. The van der Waals surface area contributed by atoms with E-state index in [4.69, 9.17) is 0 Å². The highest BCUT2D eigenvalue weighted by Gasteiger charge is 2.20. The highest BCUT2D eigenvalue weighted by molar-refractivity contribution is 5.49. The topological polar surface area (TPSA) is 99.2 Å². The van der Waals surface area contributed by atoms with Gasteiger partial charge < -0.3 is 0 Å². The number of nitro groups is 2. The minimum Gasteiger partial charge on any atom is -0.258 e. The van der Waals surface area contributed by atoms with Crippen molar-refractivity contribution < 1.29 is 9.85 Å². The zero-order valence-corrected chi connectivity index (χ0v) is 6.63. The number of nitrogens with zero attached hydrogens (tertiary/aromatic N) is 3. The second-order valence-electron chi connectivity index (χ2n) is 2.32. The van der Waals surface area contributed by atoms with Crippen LogP contribution < -0.4 is 0 Å². The van der Waals surface area contributed by atoms with E-state index in [1.165, 1.54) is 6.92 Å². The molecule has 0 aromatic carbocycles. The van der Waals surface area contributed by atoms with E-state index in [9.17, 15) is 20.2 Å². The van der Waals surface area contributed by atoms with E-state index >= 15 is 0 Å². The van der Waals surface area contributed by atoms with Crippen LogP contribution in [0.25, 0.3) is 0 Å². The van der Waals surface area contributed by atoms with Gasteiger partial charge >= 0.3 is 0 Å². The van der Waals surface area contributed by atoms with E-state index in [-0.39, 0.29) is 16.9 Å². The van der Waals surface area contributed by atoms with Gasteiger partial charge in [0.2, 0.25) is 0 Å². The molecule has 68 valence electrons. The molecule has 13 heavy (non-hydrogen) atoms. The zero-order chi connectivity index (χ0) is 10.0. The number of aromatic nitrogens is 1. The van der Waals surface area contributed by atoms with Crippen LogP contribution in [-0.2, 0) is 0 Å². The van der Waals surface area contributed by atoms with Crippen molar-refractivity contribution in [3.05, 3.63) is 38.2 Å².